The van der Waals surface area contributed by atoms with Crippen LogP contribution < -0.4 is 10.1 Å². The molecule has 0 fully saturated rings. The summed E-state index contributed by atoms with van der Waals surface area (Å²) in [7, 11) is 1.63. The van der Waals surface area contributed by atoms with Crippen LogP contribution in [0.15, 0.2) is 63.8 Å². The highest BCUT2D eigenvalue weighted by Gasteiger charge is 2.09. The van der Waals surface area contributed by atoms with E-state index in [0.717, 1.165) is 20.7 Å². The molecule has 26 heavy (non-hydrogen) atoms. The van der Waals surface area contributed by atoms with E-state index in [0.29, 0.717) is 10.9 Å². The highest BCUT2D eigenvalue weighted by Crippen LogP contribution is 2.28. The number of carbonyl (C=O) groups is 1. The van der Waals surface area contributed by atoms with Crippen molar-refractivity contribution in [2.75, 3.05) is 18.2 Å². The summed E-state index contributed by atoms with van der Waals surface area (Å²) in [5.74, 6) is 1.85. The largest absolute Gasteiger partial charge is 0.497 e. The maximum atomic E-state index is 12.1. The molecule has 134 valence electrons. The number of anilines is 1. The van der Waals surface area contributed by atoms with Gasteiger partial charge in [0.05, 0.1) is 12.9 Å². The summed E-state index contributed by atoms with van der Waals surface area (Å²) in [4.78, 5) is 13.1. The number of benzene rings is 2. The molecule has 0 bridgehead atoms. The number of thioether (sulfide) groups is 2. The molecule has 0 aliphatic heterocycles. The van der Waals surface area contributed by atoms with Crippen LogP contribution in [0.4, 0.5) is 5.13 Å². The Bertz CT molecular complexity index is 838. The van der Waals surface area contributed by atoms with Gasteiger partial charge in [0.15, 0.2) is 4.34 Å². The van der Waals surface area contributed by atoms with E-state index in [-0.39, 0.29) is 5.91 Å². The van der Waals surface area contributed by atoms with E-state index in [2.05, 4.69) is 27.6 Å². The molecule has 8 heteroatoms. The number of hydrogen-bond donors (Lipinski definition) is 1. The van der Waals surface area contributed by atoms with E-state index in [1.807, 2.05) is 42.5 Å². The molecule has 1 amide bonds. The van der Waals surface area contributed by atoms with Gasteiger partial charge in [0.25, 0.3) is 0 Å². The van der Waals surface area contributed by atoms with Gasteiger partial charge in [0, 0.05) is 10.6 Å². The molecular formula is C18H17N3O2S3. The first-order valence-corrected chi connectivity index (χ1v) is 10.6. The SMILES string of the molecule is COc1ccc(SCC(=O)Nc2nnc(SCc3ccccc3)s2)cc1. The average Bonchev–Trinajstić information content (AvgIpc) is 3.13. The van der Waals surface area contributed by atoms with Crippen molar-refractivity contribution in [2.45, 2.75) is 15.0 Å². The molecule has 3 rings (SSSR count). The van der Waals surface area contributed by atoms with Crippen LogP contribution in [-0.2, 0) is 10.5 Å². The highest BCUT2D eigenvalue weighted by atomic mass is 32.2. The minimum atomic E-state index is -0.0958. The van der Waals surface area contributed by atoms with Gasteiger partial charge in [-0.25, -0.2) is 0 Å². The van der Waals surface area contributed by atoms with Crippen LogP contribution in [0.5, 0.6) is 5.75 Å². The van der Waals surface area contributed by atoms with Crippen molar-refractivity contribution >= 4 is 45.9 Å². The quantitative estimate of drug-likeness (QED) is 0.439. The van der Waals surface area contributed by atoms with Crippen molar-refractivity contribution in [1.29, 1.82) is 0 Å². The lowest BCUT2D eigenvalue weighted by Gasteiger charge is -2.03. The van der Waals surface area contributed by atoms with Crippen LogP contribution >= 0.6 is 34.9 Å². The maximum absolute atomic E-state index is 12.1. The molecule has 1 N–H and O–H groups in total. The first-order chi connectivity index (χ1) is 12.7. The second-order valence-electron chi connectivity index (χ2n) is 5.16. The lowest BCUT2D eigenvalue weighted by atomic mass is 10.2. The van der Waals surface area contributed by atoms with Gasteiger partial charge in [-0.1, -0.05) is 53.4 Å². The summed E-state index contributed by atoms with van der Waals surface area (Å²) in [5, 5.41) is 11.5. The topological polar surface area (TPSA) is 64.1 Å². The van der Waals surface area contributed by atoms with Crippen LogP contribution in [0.25, 0.3) is 0 Å². The van der Waals surface area contributed by atoms with E-state index in [9.17, 15) is 4.79 Å². The van der Waals surface area contributed by atoms with Crippen molar-refractivity contribution in [3.05, 3.63) is 60.2 Å². The van der Waals surface area contributed by atoms with E-state index < -0.39 is 0 Å². The third kappa shape index (κ3) is 5.76. The van der Waals surface area contributed by atoms with Gasteiger partial charge < -0.3 is 4.74 Å². The van der Waals surface area contributed by atoms with Crippen LogP contribution in [0.1, 0.15) is 5.56 Å². The summed E-state index contributed by atoms with van der Waals surface area (Å²) in [6.07, 6.45) is 0. The second kappa shape index (κ2) is 9.61. The molecule has 0 unspecified atom stereocenters. The lowest BCUT2D eigenvalue weighted by Crippen LogP contribution is -2.13. The molecule has 0 aliphatic carbocycles. The second-order valence-corrected chi connectivity index (χ2v) is 8.41. The standard InChI is InChI=1S/C18H17N3O2S3/c1-23-14-7-9-15(10-8-14)24-12-16(22)19-17-20-21-18(26-17)25-11-13-5-3-2-4-6-13/h2-10H,11-12H2,1H3,(H,19,20,22). The molecular weight excluding hydrogens is 386 g/mol. The third-order valence-corrected chi connectivity index (χ3v) is 6.34. The van der Waals surface area contributed by atoms with E-state index in [1.54, 1.807) is 18.9 Å². The van der Waals surface area contributed by atoms with Crippen molar-refractivity contribution in [3.63, 3.8) is 0 Å². The number of amides is 1. The monoisotopic (exact) mass is 403 g/mol. The Kier molecular flexibility index (Phi) is 6.93. The van der Waals surface area contributed by atoms with Gasteiger partial charge >= 0.3 is 0 Å². The highest BCUT2D eigenvalue weighted by molar-refractivity contribution is 8.00. The van der Waals surface area contributed by atoms with Crippen molar-refractivity contribution in [2.24, 2.45) is 0 Å². The van der Waals surface area contributed by atoms with Crippen LogP contribution in [-0.4, -0.2) is 29.0 Å². The molecule has 0 spiro atoms. The summed E-state index contributed by atoms with van der Waals surface area (Å²) < 4.78 is 5.96. The van der Waals surface area contributed by atoms with Crippen molar-refractivity contribution in [3.8, 4) is 5.75 Å². The molecule has 0 saturated carbocycles. The first-order valence-electron chi connectivity index (χ1n) is 7.80. The molecule has 0 saturated heterocycles. The fraction of sp³-hybridized carbons (Fsp3) is 0.167. The molecule has 0 aliphatic rings. The zero-order valence-corrected chi connectivity index (χ0v) is 16.5. The Labute approximate surface area is 164 Å². The molecule has 1 aromatic heterocycles. The minimum Gasteiger partial charge on any atom is -0.497 e. The van der Waals surface area contributed by atoms with Gasteiger partial charge in [-0.15, -0.1) is 22.0 Å². The fourth-order valence-electron chi connectivity index (χ4n) is 2.01. The summed E-state index contributed by atoms with van der Waals surface area (Å²) >= 11 is 4.47. The van der Waals surface area contributed by atoms with Crippen LogP contribution in [0.3, 0.4) is 0 Å². The molecule has 5 nitrogen and oxygen atoms in total. The van der Waals surface area contributed by atoms with E-state index in [4.69, 9.17) is 4.74 Å². The number of methoxy groups -OCH3 is 1. The summed E-state index contributed by atoms with van der Waals surface area (Å²) in [5.41, 5.74) is 1.23. The predicted octanol–water partition coefficient (Wildman–Crippen LogP) is 4.57. The molecule has 3 aromatic rings. The van der Waals surface area contributed by atoms with Gasteiger partial charge in [-0.05, 0) is 29.8 Å². The average molecular weight is 404 g/mol. The van der Waals surface area contributed by atoms with Crippen molar-refractivity contribution in [1.82, 2.24) is 10.2 Å². The number of hydrogen-bond acceptors (Lipinski definition) is 7. The molecule has 1 heterocycles. The Morgan fingerprint density at radius 2 is 1.85 bits per heavy atom. The lowest BCUT2D eigenvalue weighted by molar-refractivity contribution is -0.113. The zero-order valence-electron chi connectivity index (χ0n) is 14.0. The number of aromatic nitrogens is 2. The zero-order chi connectivity index (χ0) is 18.2. The molecule has 0 atom stereocenters. The molecule has 0 radical (unpaired) electrons. The number of nitrogens with one attached hydrogen (secondary N) is 1. The first kappa shape index (κ1) is 18.8. The van der Waals surface area contributed by atoms with Gasteiger partial charge in [0.1, 0.15) is 5.75 Å². The number of ether oxygens (including phenoxy) is 1. The van der Waals surface area contributed by atoms with Gasteiger partial charge in [0.2, 0.25) is 11.0 Å². The normalized spacial score (nSPS) is 10.5. The minimum absolute atomic E-state index is 0.0958. The van der Waals surface area contributed by atoms with E-state index >= 15 is 0 Å². The van der Waals surface area contributed by atoms with Crippen molar-refractivity contribution < 1.29 is 9.53 Å². The Balaban J connectivity index is 1.44. The smallest absolute Gasteiger partial charge is 0.236 e. The van der Waals surface area contributed by atoms with Crippen LogP contribution in [0, 0.1) is 0 Å². The Morgan fingerprint density at radius 3 is 2.58 bits per heavy atom. The Morgan fingerprint density at radius 1 is 1.08 bits per heavy atom. The summed E-state index contributed by atoms with van der Waals surface area (Å²) in [6, 6.07) is 17.8. The Hall–Kier alpha value is -2.03. The van der Waals surface area contributed by atoms with Gasteiger partial charge in [-0.3, -0.25) is 10.1 Å². The predicted molar refractivity (Wildman–Crippen MR) is 108 cm³/mol. The maximum Gasteiger partial charge on any atom is 0.236 e. The third-order valence-electron chi connectivity index (χ3n) is 3.29. The fourth-order valence-corrected chi connectivity index (χ4v) is 4.44. The number of rotatable bonds is 8. The van der Waals surface area contributed by atoms with E-state index in [1.165, 1.54) is 28.7 Å². The summed E-state index contributed by atoms with van der Waals surface area (Å²) in [6.45, 7) is 0. The number of carbonyl (C=O) groups excluding carboxylic acids is 1. The van der Waals surface area contributed by atoms with Gasteiger partial charge in [-0.2, -0.15) is 0 Å². The number of nitrogens with zero attached hydrogens (tertiary/aromatic N) is 2. The van der Waals surface area contributed by atoms with Crippen LogP contribution in [0.2, 0.25) is 0 Å². The molecule has 2 aromatic carbocycles.